The third-order valence-electron chi connectivity index (χ3n) is 3.13. The molecule has 0 aliphatic rings. The second-order valence-corrected chi connectivity index (χ2v) is 4.52. The molecule has 1 aromatic carbocycles. The Hall–Kier alpha value is -2.43. The summed E-state index contributed by atoms with van der Waals surface area (Å²) in [6.07, 6.45) is 0. The molecule has 96 valence electrons. The van der Waals surface area contributed by atoms with Crippen molar-refractivity contribution < 1.29 is 4.52 Å². The third kappa shape index (κ3) is 2.03. The van der Waals surface area contributed by atoms with Gasteiger partial charge >= 0.3 is 5.76 Å². The zero-order valence-electron chi connectivity index (χ0n) is 10.8. The Bertz CT molecular complexity index is 802. The molecule has 2 aromatic heterocycles. The van der Waals surface area contributed by atoms with Crippen LogP contribution < -0.4 is 5.76 Å². The molecular formula is C14H13N3O2. The summed E-state index contributed by atoms with van der Waals surface area (Å²) >= 11 is 0. The molecule has 5 nitrogen and oxygen atoms in total. The summed E-state index contributed by atoms with van der Waals surface area (Å²) in [5.74, 6) is 0.139. The van der Waals surface area contributed by atoms with Crippen molar-refractivity contribution in [3.05, 3.63) is 58.0 Å². The van der Waals surface area contributed by atoms with Gasteiger partial charge in [-0.1, -0.05) is 23.4 Å². The Morgan fingerprint density at radius 2 is 2.05 bits per heavy atom. The van der Waals surface area contributed by atoms with Crippen molar-refractivity contribution in [1.29, 1.82) is 0 Å². The molecule has 0 aliphatic heterocycles. The highest BCUT2D eigenvalue weighted by Crippen LogP contribution is 2.19. The van der Waals surface area contributed by atoms with Crippen LogP contribution in [0, 0.1) is 13.8 Å². The molecular weight excluding hydrogens is 242 g/mol. The molecule has 0 saturated carbocycles. The normalized spacial score (nSPS) is 11.1. The molecule has 0 N–H and O–H groups in total. The summed E-state index contributed by atoms with van der Waals surface area (Å²) in [4.78, 5) is 16.1. The standard InChI is InChI=1S/C14H13N3O2/c1-9-7-11(8-17-10(2)16-19-14(17)18)12-5-3-4-6-13(12)15-9/h3-7H,8H2,1-2H3. The molecule has 0 fully saturated rings. The summed E-state index contributed by atoms with van der Waals surface area (Å²) in [6.45, 7) is 4.14. The van der Waals surface area contributed by atoms with Crippen LogP contribution in [0.4, 0.5) is 0 Å². The molecule has 0 aliphatic carbocycles. The largest absolute Gasteiger partial charge is 0.441 e. The van der Waals surface area contributed by atoms with Gasteiger partial charge in [-0.2, -0.15) is 0 Å². The van der Waals surface area contributed by atoms with E-state index in [2.05, 4.69) is 14.7 Å². The Balaban J connectivity index is 2.18. The molecule has 0 radical (unpaired) electrons. The number of pyridine rings is 1. The quantitative estimate of drug-likeness (QED) is 0.703. The van der Waals surface area contributed by atoms with E-state index in [1.54, 1.807) is 6.92 Å². The van der Waals surface area contributed by atoms with Gasteiger partial charge in [-0.15, -0.1) is 0 Å². The molecule has 0 atom stereocenters. The third-order valence-corrected chi connectivity index (χ3v) is 3.13. The fourth-order valence-electron chi connectivity index (χ4n) is 2.21. The van der Waals surface area contributed by atoms with E-state index < -0.39 is 5.76 Å². The van der Waals surface area contributed by atoms with Gasteiger partial charge in [0.25, 0.3) is 0 Å². The van der Waals surface area contributed by atoms with Gasteiger partial charge in [-0.3, -0.25) is 14.1 Å². The zero-order chi connectivity index (χ0) is 13.4. The van der Waals surface area contributed by atoms with Crippen LogP contribution in [0.5, 0.6) is 0 Å². The predicted molar refractivity (Wildman–Crippen MR) is 71.1 cm³/mol. The summed E-state index contributed by atoms with van der Waals surface area (Å²) in [6, 6.07) is 9.88. The summed E-state index contributed by atoms with van der Waals surface area (Å²) in [5.41, 5.74) is 2.90. The average Bonchev–Trinajstić information content (AvgIpc) is 2.70. The van der Waals surface area contributed by atoms with E-state index in [-0.39, 0.29) is 0 Å². The maximum atomic E-state index is 11.6. The lowest BCUT2D eigenvalue weighted by Crippen LogP contribution is -2.16. The van der Waals surface area contributed by atoms with Crippen molar-refractivity contribution >= 4 is 10.9 Å². The first-order valence-electron chi connectivity index (χ1n) is 6.03. The van der Waals surface area contributed by atoms with Crippen LogP contribution in [-0.2, 0) is 6.54 Å². The van der Waals surface area contributed by atoms with E-state index in [0.717, 1.165) is 22.2 Å². The van der Waals surface area contributed by atoms with Gasteiger partial charge in [0.05, 0.1) is 12.1 Å². The van der Waals surface area contributed by atoms with Gasteiger partial charge in [-0.25, -0.2) is 4.79 Å². The molecule has 0 unspecified atom stereocenters. The molecule has 19 heavy (non-hydrogen) atoms. The fraction of sp³-hybridized carbons (Fsp3) is 0.214. The van der Waals surface area contributed by atoms with Gasteiger partial charge in [0.1, 0.15) is 0 Å². The van der Waals surface area contributed by atoms with Crippen molar-refractivity contribution in [2.24, 2.45) is 0 Å². The summed E-state index contributed by atoms with van der Waals surface area (Å²) in [5, 5.41) is 4.72. The van der Waals surface area contributed by atoms with E-state index in [9.17, 15) is 4.79 Å². The molecule has 2 heterocycles. The van der Waals surface area contributed by atoms with E-state index in [1.807, 2.05) is 37.3 Å². The number of aromatic nitrogens is 3. The summed E-state index contributed by atoms with van der Waals surface area (Å²) in [7, 11) is 0. The van der Waals surface area contributed by atoms with Crippen molar-refractivity contribution in [3.63, 3.8) is 0 Å². The van der Waals surface area contributed by atoms with E-state index >= 15 is 0 Å². The van der Waals surface area contributed by atoms with Crippen molar-refractivity contribution in [2.75, 3.05) is 0 Å². The monoisotopic (exact) mass is 255 g/mol. The zero-order valence-corrected chi connectivity index (χ0v) is 10.8. The van der Waals surface area contributed by atoms with Crippen LogP contribution in [0.15, 0.2) is 39.6 Å². The van der Waals surface area contributed by atoms with Gasteiger partial charge in [0.15, 0.2) is 5.82 Å². The predicted octanol–water partition coefficient (Wildman–Crippen LogP) is 2.05. The number of hydrogen-bond acceptors (Lipinski definition) is 4. The number of fused-ring (bicyclic) bond motifs is 1. The highest BCUT2D eigenvalue weighted by molar-refractivity contribution is 5.82. The molecule has 0 amide bonds. The Kier molecular flexibility index (Phi) is 2.67. The molecule has 5 heteroatoms. The van der Waals surface area contributed by atoms with E-state index in [4.69, 9.17) is 0 Å². The number of rotatable bonds is 2. The lowest BCUT2D eigenvalue weighted by atomic mass is 10.1. The second-order valence-electron chi connectivity index (χ2n) is 4.52. The number of para-hydroxylation sites is 1. The number of benzene rings is 1. The van der Waals surface area contributed by atoms with Crippen molar-refractivity contribution in [1.82, 2.24) is 14.7 Å². The molecule has 3 rings (SSSR count). The van der Waals surface area contributed by atoms with E-state index in [1.165, 1.54) is 4.57 Å². The Morgan fingerprint density at radius 3 is 2.79 bits per heavy atom. The lowest BCUT2D eigenvalue weighted by molar-refractivity contribution is 0.376. The minimum absolute atomic E-state index is 0.434. The van der Waals surface area contributed by atoms with Gasteiger partial charge in [0, 0.05) is 11.1 Å². The first-order chi connectivity index (χ1) is 9.15. The van der Waals surface area contributed by atoms with Crippen molar-refractivity contribution in [2.45, 2.75) is 20.4 Å². The maximum absolute atomic E-state index is 11.6. The minimum atomic E-state index is -0.434. The SMILES string of the molecule is Cc1cc(Cn2c(C)noc2=O)c2ccccc2n1. The van der Waals surface area contributed by atoms with Crippen LogP contribution in [-0.4, -0.2) is 14.7 Å². The highest BCUT2D eigenvalue weighted by atomic mass is 16.5. The van der Waals surface area contributed by atoms with Crippen LogP contribution >= 0.6 is 0 Å². The maximum Gasteiger partial charge on any atom is 0.441 e. The molecule has 0 bridgehead atoms. The van der Waals surface area contributed by atoms with Crippen LogP contribution in [0.2, 0.25) is 0 Å². The topological polar surface area (TPSA) is 60.9 Å². The fourth-order valence-corrected chi connectivity index (χ4v) is 2.21. The molecule has 0 spiro atoms. The number of hydrogen-bond donors (Lipinski definition) is 0. The first kappa shape index (κ1) is 11.6. The van der Waals surface area contributed by atoms with Gasteiger partial charge in [-0.05, 0) is 31.5 Å². The lowest BCUT2D eigenvalue weighted by Gasteiger charge is -2.08. The average molecular weight is 255 g/mol. The second kappa shape index (κ2) is 4.35. The molecule has 3 aromatic rings. The summed E-state index contributed by atoms with van der Waals surface area (Å²) < 4.78 is 6.17. The highest BCUT2D eigenvalue weighted by Gasteiger charge is 2.10. The Morgan fingerprint density at radius 1 is 1.26 bits per heavy atom. The Labute approximate surface area is 109 Å². The minimum Gasteiger partial charge on any atom is -0.296 e. The van der Waals surface area contributed by atoms with Crippen molar-refractivity contribution in [3.8, 4) is 0 Å². The smallest absolute Gasteiger partial charge is 0.296 e. The van der Waals surface area contributed by atoms with Gasteiger partial charge < -0.3 is 0 Å². The number of nitrogens with zero attached hydrogens (tertiary/aromatic N) is 3. The van der Waals surface area contributed by atoms with E-state index in [0.29, 0.717) is 12.4 Å². The van der Waals surface area contributed by atoms with Crippen LogP contribution in [0.25, 0.3) is 10.9 Å². The first-order valence-corrected chi connectivity index (χ1v) is 6.03. The van der Waals surface area contributed by atoms with Crippen LogP contribution in [0.1, 0.15) is 17.1 Å². The van der Waals surface area contributed by atoms with Gasteiger partial charge in [0.2, 0.25) is 0 Å². The number of aryl methyl sites for hydroxylation is 2. The molecule has 0 saturated heterocycles. The van der Waals surface area contributed by atoms with Crippen LogP contribution in [0.3, 0.4) is 0 Å².